The zero-order valence-corrected chi connectivity index (χ0v) is 18.6. The van der Waals surface area contributed by atoms with E-state index in [9.17, 15) is 9.59 Å². The Balaban J connectivity index is 1.62. The number of aryl methyl sites for hydroxylation is 1. The molecule has 0 fully saturated rings. The van der Waals surface area contributed by atoms with Gasteiger partial charge in [0.2, 0.25) is 5.91 Å². The molecule has 2 heterocycles. The van der Waals surface area contributed by atoms with E-state index in [1.807, 2.05) is 67.6 Å². The Kier molecular flexibility index (Phi) is 6.34. The maximum Gasteiger partial charge on any atom is 0.263 e. The van der Waals surface area contributed by atoms with Crippen molar-refractivity contribution in [1.29, 1.82) is 0 Å². The molecule has 0 unspecified atom stereocenters. The lowest BCUT2D eigenvalue weighted by molar-refractivity contribution is -0.113. The fourth-order valence-corrected chi connectivity index (χ4v) is 5.06. The zero-order chi connectivity index (χ0) is 21.8. The highest BCUT2D eigenvalue weighted by Gasteiger charge is 2.16. The van der Waals surface area contributed by atoms with Crippen molar-refractivity contribution in [2.45, 2.75) is 18.6 Å². The van der Waals surface area contributed by atoms with Crippen LogP contribution in [0.5, 0.6) is 0 Å². The van der Waals surface area contributed by atoms with Crippen LogP contribution in [0.3, 0.4) is 0 Å². The standard InChI is InChI=1S/C24H21N3O2S2/c1-3-13-27-23(29)18-14-20(17-10-5-4-6-11-17)31-22(18)26-24(27)30-15-21(28)25-19-12-8-7-9-16(19)2/h3-12,14H,1,13,15H2,2H3,(H,25,28). The van der Waals surface area contributed by atoms with E-state index >= 15 is 0 Å². The van der Waals surface area contributed by atoms with Crippen LogP contribution in [-0.4, -0.2) is 21.2 Å². The number of aromatic nitrogens is 2. The molecule has 0 bridgehead atoms. The second kappa shape index (κ2) is 9.32. The van der Waals surface area contributed by atoms with Gasteiger partial charge in [-0.3, -0.25) is 14.2 Å². The number of para-hydroxylation sites is 1. The number of fused-ring (bicyclic) bond motifs is 1. The second-order valence-corrected chi connectivity index (χ2v) is 8.92. The van der Waals surface area contributed by atoms with Gasteiger partial charge in [0.25, 0.3) is 5.56 Å². The van der Waals surface area contributed by atoms with Crippen molar-refractivity contribution in [2.75, 3.05) is 11.1 Å². The number of carbonyl (C=O) groups is 1. The van der Waals surface area contributed by atoms with Gasteiger partial charge >= 0.3 is 0 Å². The normalized spacial score (nSPS) is 10.9. The summed E-state index contributed by atoms with van der Waals surface area (Å²) in [5, 5.41) is 4.01. The average molecular weight is 448 g/mol. The van der Waals surface area contributed by atoms with Crippen LogP contribution in [0.4, 0.5) is 5.69 Å². The van der Waals surface area contributed by atoms with Crippen molar-refractivity contribution in [2.24, 2.45) is 0 Å². The summed E-state index contributed by atoms with van der Waals surface area (Å²) in [6.45, 7) is 6.04. The van der Waals surface area contributed by atoms with Crippen LogP contribution >= 0.6 is 23.1 Å². The molecule has 0 atom stereocenters. The first-order valence-electron chi connectivity index (χ1n) is 9.76. The predicted molar refractivity (Wildman–Crippen MR) is 130 cm³/mol. The van der Waals surface area contributed by atoms with E-state index in [0.29, 0.717) is 21.9 Å². The van der Waals surface area contributed by atoms with Gasteiger partial charge in [0, 0.05) is 17.1 Å². The Hall–Kier alpha value is -3.16. The van der Waals surface area contributed by atoms with Gasteiger partial charge in [-0.25, -0.2) is 4.98 Å². The Morgan fingerprint density at radius 2 is 1.94 bits per heavy atom. The number of hydrogen-bond donors (Lipinski definition) is 1. The minimum atomic E-state index is -0.144. The number of nitrogens with zero attached hydrogens (tertiary/aromatic N) is 2. The molecule has 2 aromatic heterocycles. The molecule has 0 saturated carbocycles. The summed E-state index contributed by atoms with van der Waals surface area (Å²) in [6.07, 6.45) is 1.66. The van der Waals surface area contributed by atoms with Crippen molar-refractivity contribution in [1.82, 2.24) is 9.55 Å². The van der Waals surface area contributed by atoms with Crippen LogP contribution in [0.2, 0.25) is 0 Å². The van der Waals surface area contributed by atoms with Crippen LogP contribution in [-0.2, 0) is 11.3 Å². The highest BCUT2D eigenvalue weighted by atomic mass is 32.2. The van der Waals surface area contributed by atoms with E-state index in [1.165, 1.54) is 23.1 Å². The topological polar surface area (TPSA) is 64.0 Å². The number of anilines is 1. The molecule has 4 rings (SSSR count). The molecular weight excluding hydrogens is 426 g/mol. The van der Waals surface area contributed by atoms with Crippen LogP contribution in [0.15, 0.2) is 83.3 Å². The second-order valence-electron chi connectivity index (χ2n) is 6.95. The molecular formula is C24H21N3O2S2. The lowest BCUT2D eigenvalue weighted by atomic mass is 10.2. The quantitative estimate of drug-likeness (QED) is 0.236. The largest absolute Gasteiger partial charge is 0.325 e. The Labute approximate surface area is 188 Å². The molecule has 0 radical (unpaired) electrons. The van der Waals surface area contributed by atoms with E-state index in [-0.39, 0.29) is 17.2 Å². The van der Waals surface area contributed by atoms with Crippen LogP contribution < -0.4 is 10.9 Å². The highest BCUT2D eigenvalue weighted by molar-refractivity contribution is 7.99. The zero-order valence-electron chi connectivity index (χ0n) is 17.0. The van der Waals surface area contributed by atoms with Crippen molar-refractivity contribution >= 4 is 44.9 Å². The average Bonchev–Trinajstić information content (AvgIpc) is 3.21. The summed E-state index contributed by atoms with van der Waals surface area (Å²) >= 11 is 2.73. The van der Waals surface area contributed by atoms with Gasteiger partial charge in [-0.1, -0.05) is 66.4 Å². The molecule has 31 heavy (non-hydrogen) atoms. The Bertz CT molecular complexity index is 1310. The molecule has 5 nitrogen and oxygen atoms in total. The highest BCUT2D eigenvalue weighted by Crippen LogP contribution is 2.32. The number of hydrogen-bond acceptors (Lipinski definition) is 5. The number of thioether (sulfide) groups is 1. The minimum absolute atomic E-state index is 0.120. The summed E-state index contributed by atoms with van der Waals surface area (Å²) < 4.78 is 1.57. The first kappa shape index (κ1) is 21.1. The summed E-state index contributed by atoms with van der Waals surface area (Å²) in [5.41, 5.74) is 2.71. The van der Waals surface area contributed by atoms with Crippen molar-refractivity contribution < 1.29 is 4.79 Å². The number of rotatable bonds is 7. The maximum atomic E-state index is 13.1. The number of nitrogens with one attached hydrogen (secondary N) is 1. The number of benzene rings is 2. The number of thiophene rings is 1. The van der Waals surface area contributed by atoms with Gasteiger partial charge in [-0.15, -0.1) is 17.9 Å². The molecule has 0 aliphatic carbocycles. The molecule has 0 aliphatic heterocycles. The molecule has 156 valence electrons. The number of amides is 1. The molecule has 1 N–H and O–H groups in total. The molecule has 4 aromatic rings. The van der Waals surface area contributed by atoms with E-state index in [1.54, 1.807) is 10.6 Å². The lowest BCUT2D eigenvalue weighted by Gasteiger charge is -2.11. The monoisotopic (exact) mass is 447 g/mol. The van der Waals surface area contributed by atoms with Gasteiger partial charge in [0.15, 0.2) is 5.16 Å². The smallest absolute Gasteiger partial charge is 0.263 e. The first-order chi connectivity index (χ1) is 15.1. The fourth-order valence-electron chi connectivity index (χ4n) is 3.17. The van der Waals surface area contributed by atoms with Gasteiger partial charge < -0.3 is 5.32 Å². The third-order valence-corrected chi connectivity index (χ3v) is 6.79. The van der Waals surface area contributed by atoms with Gasteiger partial charge in [-0.2, -0.15) is 0 Å². The minimum Gasteiger partial charge on any atom is -0.325 e. The van der Waals surface area contributed by atoms with Crippen molar-refractivity contribution in [3.05, 3.63) is 89.2 Å². The van der Waals surface area contributed by atoms with E-state index in [2.05, 4.69) is 11.9 Å². The fraction of sp³-hybridized carbons (Fsp3) is 0.125. The summed E-state index contributed by atoms with van der Waals surface area (Å²) in [5.74, 6) is 0.00955. The molecule has 0 spiro atoms. The molecule has 1 amide bonds. The van der Waals surface area contributed by atoms with Gasteiger partial charge in [0.1, 0.15) is 4.83 Å². The third kappa shape index (κ3) is 4.62. The molecule has 0 aliphatic rings. The Morgan fingerprint density at radius 3 is 2.68 bits per heavy atom. The summed E-state index contributed by atoms with van der Waals surface area (Å²) in [4.78, 5) is 32.0. The first-order valence-corrected chi connectivity index (χ1v) is 11.6. The summed E-state index contributed by atoms with van der Waals surface area (Å²) in [6, 6.07) is 19.4. The van der Waals surface area contributed by atoms with Crippen LogP contribution in [0, 0.1) is 6.92 Å². The van der Waals surface area contributed by atoms with E-state index in [0.717, 1.165) is 21.7 Å². The number of carbonyl (C=O) groups excluding carboxylic acids is 1. The van der Waals surface area contributed by atoms with Crippen molar-refractivity contribution in [3.8, 4) is 10.4 Å². The number of allylic oxidation sites excluding steroid dienone is 1. The maximum absolute atomic E-state index is 13.1. The SMILES string of the molecule is C=CCn1c(SCC(=O)Nc2ccccc2C)nc2sc(-c3ccccc3)cc2c1=O. The van der Waals surface area contributed by atoms with Crippen molar-refractivity contribution in [3.63, 3.8) is 0 Å². The molecule has 2 aromatic carbocycles. The van der Waals surface area contributed by atoms with Gasteiger partial charge in [-0.05, 0) is 30.2 Å². The van der Waals surface area contributed by atoms with Gasteiger partial charge in [0.05, 0.1) is 11.1 Å². The van der Waals surface area contributed by atoms with E-state index in [4.69, 9.17) is 4.98 Å². The molecule has 0 saturated heterocycles. The lowest BCUT2D eigenvalue weighted by Crippen LogP contribution is -2.23. The third-order valence-electron chi connectivity index (χ3n) is 4.74. The Morgan fingerprint density at radius 1 is 1.19 bits per heavy atom. The van der Waals surface area contributed by atoms with Crippen LogP contribution in [0.1, 0.15) is 5.56 Å². The van der Waals surface area contributed by atoms with E-state index < -0.39 is 0 Å². The predicted octanol–water partition coefficient (Wildman–Crippen LogP) is 5.35. The van der Waals surface area contributed by atoms with Crippen LogP contribution in [0.25, 0.3) is 20.7 Å². The molecule has 7 heteroatoms. The summed E-state index contributed by atoms with van der Waals surface area (Å²) in [7, 11) is 0.